The fourth-order valence-corrected chi connectivity index (χ4v) is 3.57. The van der Waals surface area contributed by atoms with Crippen molar-refractivity contribution in [3.63, 3.8) is 0 Å². The number of likely N-dealkylation sites (tertiary alicyclic amines) is 1. The summed E-state index contributed by atoms with van der Waals surface area (Å²) in [6.07, 6.45) is 0.934. The van der Waals surface area contributed by atoms with Crippen molar-refractivity contribution in [3.8, 4) is 11.5 Å². The van der Waals surface area contributed by atoms with Crippen LogP contribution in [0.15, 0.2) is 72.8 Å². The topological polar surface area (TPSA) is 38.8 Å². The maximum Gasteiger partial charge on any atom is 0.253 e. The first kappa shape index (κ1) is 20.8. The number of nitrogens with zero attached hydrogens (tertiary/aromatic N) is 1. The molecule has 1 aliphatic heterocycles. The molecule has 3 aromatic rings. The SMILES string of the molecule is O=C(c1cccc(OCc2ccccc2)c1)N1CCC(Oc2ccc(F)cc2F)CC1. The van der Waals surface area contributed by atoms with E-state index in [1.807, 2.05) is 36.4 Å². The third-order valence-electron chi connectivity index (χ3n) is 5.25. The molecule has 4 nitrogen and oxygen atoms in total. The lowest BCUT2D eigenvalue weighted by molar-refractivity contribution is 0.0587. The molecule has 0 unspecified atom stereocenters. The minimum atomic E-state index is -0.717. The van der Waals surface area contributed by atoms with Gasteiger partial charge in [-0.15, -0.1) is 0 Å². The van der Waals surface area contributed by atoms with Crippen LogP contribution in [-0.2, 0) is 6.61 Å². The second-order valence-electron chi connectivity index (χ2n) is 7.49. The number of halogens is 2. The second kappa shape index (κ2) is 9.60. The molecule has 0 atom stereocenters. The van der Waals surface area contributed by atoms with Crippen LogP contribution in [0, 0.1) is 11.6 Å². The van der Waals surface area contributed by atoms with Gasteiger partial charge in [-0.05, 0) is 35.9 Å². The lowest BCUT2D eigenvalue weighted by Crippen LogP contribution is -2.41. The first-order chi connectivity index (χ1) is 15.1. The monoisotopic (exact) mass is 423 g/mol. The zero-order valence-electron chi connectivity index (χ0n) is 17.0. The third kappa shape index (κ3) is 5.40. The van der Waals surface area contributed by atoms with Crippen molar-refractivity contribution in [2.24, 2.45) is 0 Å². The molecule has 31 heavy (non-hydrogen) atoms. The Bertz CT molecular complexity index is 1030. The highest BCUT2D eigenvalue weighted by molar-refractivity contribution is 5.94. The fraction of sp³-hybridized carbons (Fsp3) is 0.240. The van der Waals surface area contributed by atoms with E-state index in [0.29, 0.717) is 43.9 Å². The summed E-state index contributed by atoms with van der Waals surface area (Å²) >= 11 is 0. The van der Waals surface area contributed by atoms with Crippen LogP contribution < -0.4 is 9.47 Å². The number of benzene rings is 3. The van der Waals surface area contributed by atoms with Gasteiger partial charge in [-0.3, -0.25) is 4.79 Å². The summed E-state index contributed by atoms with van der Waals surface area (Å²) in [5, 5.41) is 0. The number of amides is 1. The molecule has 1 aliphatic rings. The van der Waals surface area contributed by atoms with Crippen LogP contribution in [0.25, 0.3) is 0 Å². The number of hydrogen-bond donors (Lipinski definition) is 0. The van der Waals surface area contributed by atoms with Gasteiger partial charge in [0.25, 0.3) is 5.91 Å². The van der Waals surface area contributed by atoms with Crippen LogP contribution in [0.4, 0.5) is 8.78 Å². The largest absolute Gasteiger partial charge is 0.489 e. The minimum absolute atomic E-state index is 0.0365. The summed E-state index contributed by atoms with van der Waals surface area (Å²) in [5.41, 5.74) is 1.62. The smallest absolute Gasteiger partial charge is 0.253 e. The number of rotatable bonds is 6. The molecule has 6 heteroatoms. The first-order valence-corrected chi connectivity index (χ1v) is 10.3. The number of piperidine rings is 1. The van der Waals surface area contributed by atoms with Crippen LogP contribution >= 0.6 is 0 Å². The normalized spacial score (nSPS) is 14.3. The van der Waals surface area contributed by atoms with Gasteiger partial charge >= 0.3 is 0 Å². The third-order valence-corrected chi connectivity index (χ3v) is 5.25. The van der Waals surface area contributed by atoms with E-state index >= 15 is 0 Å². The van der Waals surface area contributed by atoms with Crippen molar-refractivity contribution >= 4 is 5.91 Å². The summed E-state index contributed by atoms with van der Waals surface area (Å²) in [6, 6.07) is 20.3. The average molecular weight is 423 g/mol. The Labute approximate surface area is 180 Å². The Morgan fingerprint density at radius 3 is 2.45 bits per heavy atom. The van der Waals surface area contributed by atoms with E-state index in [-0.39, 0.29) is 17.8 Å². The molecule has 0 bridgehead atoms. The van der Waals surface area contributed by atoms with Crippen molar-refractivity contribution in [2.75, 3.05) is 13.1 Å². The number of carbonyl (C=O) groups is 1. The van der Waals surface area contributed by atoms with Crippen molar-refractivity contribution in [1.29, 1.82) is 0 Å². The maximum absolute atomic E-state index is 13.8. The Morgan fingerprint density at radius 1 is 0.935 bits per heavy atom. The van der Waals surface area contributed by atoms with E-state index in [4.69, 9.17) is 9.47 Å². The van der Waals surface area contributed by atoms with Gasteiger partial charge in [-0.2, -0.15) is 0 Å². The Balaban J connectivity index is 1.32. The van der Waals surface area contributed by atoms with Crippen LogP contribution in [-0.4, -0.2) is 30.0 Å². The molecule has 4 rings (SSSR count). The molecule has 0 spiro atoms. The summed E-state index contributed by atoms with van der Waals surface area (Å²) in [4.78, 5) is 14.7. The standard InChI is InChI=1S/C25H23F2NO3/c26-20-9-10-24(23(27)16-20)31-21-11-13-28(14-12-21)25(29)19-7-4-8-22(15-19)30-17-18-5-2-1-3-6-18/h1-10,15-16,21H,11-14,17H2. The molecule has 1 heterocycles. The van der Waals surface area contributed by atoms with E-state index < -0.39 is 11.6 Å². The number of hydrogen-bond acceptors (Lipinski definition) is 3. The van der Waals surface area contributed by atoms with Gasteiger partial charge in [0.15, 0.2) is 11.6 Å². The fourth-order valence-electron chi connectivity index (χ4n) is 3.57. The molecular weight excluding hydrogens is 400 g/mol. The lowest BCUT2D eigenvalue weighted by atomic mass is 10.1. The average Bonchev–Trinajstić information content (AvgIpc) is 2.80. The van der Waals surface area contributed by atoms with Gasteiger partial charge < -0.3 is 14.4 Å². The van der Waals surface area contributed by atoms with Crippen LogP contribution in [0.5, 0.6) is 11.5 Å². The van der Waals surface area contributed by atoms with Crippen LogP contribution in [0.3, 0.4) is 0 Å². The molecule has 0 saturated carbocycles. The molecule has 160 valence electrons. The quantitative estimate of drug-likeness (QED) is 0.545. The van der Waals surface area contributed by atoms with E-state index in [9.17, 15) is 13.6 Å². The van der Waals surface area contributed by atoms with E-state index in [1.165, 1.54) is 12.1 Å². The molecule has 0 radical (unpaired) electrons. The van der Waals surface area contributed by atoms with Crippen LogP contribution in [0.2, 0.25) is 0 Å². The zero-order chi connectivity index (χ0) is 21.6. The Hall–Kier alpha value is -3.41. The van der Waals surface area contributed by atoms with Gasteiger partial charge in [-0.1, -0.05) is 36.4 Å². The highest BCUT2D eigenvalue weighted by Gasteiger charge is 2.25. The van der Waals surface area contributed by atoms with Gasteiger partial charge in [-0.25, -0.2) is 8.78 Å². The highest BCUT2D eigenvalue weighted by Crippen LogP contribution is 2.24. The lowest BCUT2D eigenvalue weighted by Gasteiger charge is -2.32. The van der Waals surface area contributed by atoms with Gasteiger partial charge in [0, 0.05) is 37.6 Å². The van der Waals surface area contributed by atoms with E-state index in [1.54, 1.807) is 23.1 Å². The van der Waals surface area contributed by atoms with Crippen molar-refractivity contribution in [1.82, 2.24) is 4.90 Å². The van der Waals surface area contributed by atoms with Crippen molar-refractivity contribution < 1.29 is 23.0 Å². The van der Waals surface area contributed by atoms with Crippen molar-refractivity contribution in [2.45, 2.75) is 25.6 Å². The predicted octanol–water partition coefficient (Wildman–Crippen LogP) is 5.23. The minimum Gasteiger partial charge on any atom is -0.489 e. The molecule has 0 aromatic heterocycles. The second-order valence-corrected chi connectivity index (χ2v) is 7.49. The van der Waals surface area contributed by atoms with Crippen LogP contribution in [0.1, 0.15) is 28.8 Å². The van der Waals surface area contributed by atoms with Crippen molar-refractivity contribution in [3.05, 3.63) is 95.6 Å². The summed E-state index contributed by atoms with van der Waals surface area (Å²) in [5.74, 6) is -0.753. The van der Waals surface area contributed by atoms with Gasteiger partial charge in [0.1, 0.15) is 24.3 Å². The molecule has 0 N–H and O–H groups in total. The van der Waals surface area contributed by atoms with E-state index in [2.05, 4.69) is 0 Å². The summed E-state index contributed by atoms with van der Waals surface area (Å²) in [6.45, 7) is 1.43. The number of carbonyl (C=O) groups excluding carboxylic acids is 1. The van der Waals surface area contributed by atoms with E-state index in [0.717, 1.165) is 11.6 Å². The zero-order valence-corrected chi connectivity index (χ0v) is 17.0. The predicted molar refractivity (Wildman–Crippen MR) is 113 cm³/mol. The Morgan fingerprint density at radius 2 is 1.71 bits per heavy atom. The highest BCUT2D eigenvalue weighted by atomic mass is 19.1. The molecule has 1 amide bonds. The Kier molecular flexibility index (Phi) is 6.46. The molecule has 0 aliphatic carbocycles. The first-order valence-electron chi connectivity index (χ1n) is 10.3. The number of ether oxygens (including phenoxy) is 2. The molecule has 1 fully saturated rings. The maximum atomic E-state index is 13.8. The molecule has 1 saturated heterocycles. The molecule has 3 aromatic carbocycles. The summed E-state index contributed by atoms with van der Waals surface area (Å²) in [7, 11) is 0. The summed E-state index contributed by atoms with van der Waals surface area (Å²) < 4.78 is 38.3. The molecular formula is C25H23F2NO3. The van der Waals surface area contributed by atoms with Gasteiger partial charge in [0.2, 0.25) is 0 Å². The van der Waals surface area contributed by atoms with Gasteiger partial charge in [0.05, 0.1) is 0 Å².